The normalized spacial score (nSPS) is 32.8. The van der Waals surface area contributed by atoms with E-state index in [0.717, 1.165) is 25.9 Å². The molecule has 2 N–H and O–H groups in total. The Kier molecular flexibility index (Phi) is 3.37. The van der Waals surface area contributed by atoms with Crippen molar-refractivity contribution in [2.75, 3.05) is 19.7 Å². The van der Waals surface area contributed by atoms with Crippen LogP contribution in [0.3, 0.4) is 0 Å². The summed E-state index contributed by atoms with van der Waals surface area (Å²) in [5.74, 6) is -0.289. The molecule has 0 aromatic heterocycles. The van der Waals surface area contributed by atoms with Crippen LogP contribution in [0.2, 0.25) is 0 Å². The van der Waals surface area contributed by atoms with E-state index >= 15 is 0 Å². The lowest BCUT2D eigenvalue weighted by Crippen LogP contribution is -2.49. The first-order valence-corrected chi connectivity index (χ1v) is 7.12. The van der Waals surface area contributed by atoms with Gasteiger partial charge in [0.15, 0.2) is 0 Å². The Morgan fingerprint density at radius 3 is 2.95 bits per heavy atom. The Labute approximate surface area is 117 Å². The maximum Gasteiger partial charge on any atom is 0.322 e. The molecule has 3 rings (SSSR count). The molecule has 20 heavy (non-hydrogen) atoms. The molecule has 7 nitrogen and oxygen atoms in total. The number of hydrogen-bond donors (Lipinski definition) is 2. The lowest BCUT2D eigenvalue weighted by molar-refractivity contribution is -0.131. The molecule has 110 valence electrons. The van der Waals surface area contributed by atoms with Crippen LogP contribution in [0.25, 0.3) is 0 Å². The highest BCUT2D eigenvalue weighted by atomic mass is 16.5. The number of ether oxygens (including phenoxy) is 1. The van der Waals surface area contributed by atoms with E-state index in [1.807, 2.05) is 0 Å². The van der Waals surface area contributed by atoms with E-state index in [1.165, 1.54) is 0 Å². The SMILES string of the molecule is O=C1NC(=O)C2(CCN(C(=O)CCC3CCCO3)C2)N1. The van der Waals surface area contributed by atoms with Crippen LogP contribution in [0.1, 0.15) is 32.1 Å². The Balaban J connectivity index is 1.52. The minimum Gasteiger partial charge on any atom is -0.378 e. The summed E-state index contributed by atoms with van der Waals surface area (Å²) in [6.45, 7) is 1.57. The summed E-state index contributed by atoms with van der Waals surface area (Å²) in [4.78, 5) is 36.8. The number of amides is 4. The second-order valence-corrected chi connectivity index (χ2v) is 5.73. The van der Waals surface area contributed by atoms with Gasteiger partial charge in [-0.2, -0.15) is 0 Å². The average molecular weight is 281 g/mol. The fourth-order valence-electron chi connectivity index (χ4n) is 3.15. The predicted octanol–water partition coefficient (Wildman–Crippen LogP) is -0.244. The molecule has 0 aromatic rings. The first-order chi connectivity index (χ1) is 9.59. The minimum atomic E-state index is -0.906. The van der Waals surface area contributed by atoms with Crippen LogP contribution in [0, 0.1) is 0 Å². The number of imide groups is 1. The van der Waals surface area contributed by atoms with Crippen molar-refractivity contribution in [2.45, 2.75) is 43.7 Å². The quantitative estimate of drug-likeness (QED) is 0.699. The summed E-state index contributed by atoms with van der Waals surface area (Å²) in [7, 11) is 0. The zero-order valence-electron chi connectivity index (χ0n) is 11.3. The number of likely N-dealkylation sites (tertiary alicyclic amines) is 1. The standard InChI is InChI=1S/C13H19N3O4/c17-10(4-3-9-2-1-7-20-9)16-6-5-13(8-16)11(18)14-12(19)15-13/h9H,1-8H2,(H2,14,15,18,19). The van der Waals surface area contributed by atoms with Gasteiger partial charge in [0, 0.05) is 19.6 Å². The molecule has 0 saturated carbocycles. The predicted molar refractivity (Wildman–Crippen MR) is 68.8 cm³/mol. The van der Waals surface area contributed by atoms with Crippen molar-refractivity contribution >= 4 is 17.8 Å². The summed E-state index contributed by atoms with van der Waals surface area (Å²) in [6, 6.07) is -0.469. The van der Waals surface area contributed by atoms with Crippen molar-refractivity contribution in [3.8, 4) is 0 Å². The molecule has 3 fully saturated rings. The molecule has 3 heterocycles. The Bertz CT molecular complexity index is 447. The summed E-state index contributed by atoms with van der Waals surface area (Å²) in [6.07, 6.45) is 3.95. The molecular formula is C13H19N3O4. The van der Waals surface area contributed by atoms with Crippen molar-refractivity contribution in [2.24, 2.45) is 0 Å². The van der Waals surface area contributed by atoms with Crippen molar-refractivity contribution in [1.82, 2.24) is 15.5 Å². The third kappa shape index (κ3) is 2.37. The summed E-state index contributed by atoms with van der Waals surface area (Å²) in [5, 5.41) is 4.88. The molecule has 2 atom stereocenters. The highest BCUT2D eigenvalue weighted by molar-refractivity contribution is 6.07. The molecule has 7 heteroatoms. The second kappa shape index (κ2) is 5.05. The monoisotopic (exact) mass is 281 g/mol. The molecule has 0 bridgehead atoms. The molecule has 0 radical (unpaired) electrons. The van der Waals surface area contributed by atoms with Gasteiger partial charge >= 0.3 is 6.03 Å². The van der Waals surface area contributed by atoms with Crippen LogP contribution < -0.4 is 10.6 Å². The van der Waals surface area contributed by atoms with Gasteiger partial charge in [-0.1, -0.05) is 0 Å². The van der Waals surface area contributed by atoms with Gasteiger partial charge in [-0.05, 0) is 25.7 Å². The van der Waals surface area contributed by atoms with E-state index in [-0.39, 0.29) is 24.5 Å². The average Bonchev–Trinajstić information content (AvgIpc) is 3.10. The van der Waals surface area contributed by atoms with E-state index in [2.05, 4.69) is 10.6 Å². The lowest BCUT2D eigenvalue weighted by atomic mass is 9.99. The minimum absolute atomic E-state index is 0.0336. The molecule has 1 spiro atoms. The third-order valence-corrected chi connectivity index (χ3v) is 4.34. The maximum absolute atomic E-state index is 12.2. The molecule has 2 unspecified atom stereocenters. The first-order valence-electron chi connectivity index (χ1n) is 7.12. The number of nitrogens with one attached hydrogen (secondary N) is 2. The maximum atomic E-state index is 12.2. The topological polar surface area (TPSA) is 87.7 Å². The van der Waals surface area contributed by atoms with E-state index < -0.39 is 11.6 Å². The molecule has 4 amide bonds. The van der Waals surface area contributed by atoms with Crippen molar-refractivity contribution < 1.29 is 19.1 Å². The zero-order chi connectivity index (χ0) is 14.2. The first kappa shape index (κ1) is 13.4. The van der Waals surface area contributed by atoms with Gasteiger partial charge in [0.05, 0.1) is 12.6 Å². The van der Waals surface area contributed by atoms with Gasteiger partial charge in [-0.3, -0.25) is 14.9 Å². The van der Waals surface area contributed by atoms with E-state index in [4.69, 9.17) is 4.74 Å². The number of carbonyl (C=O) groups is 3. The van der Waals surface area contributed by atoms with Crippen LogP contribution in [0.15, 0.2) is 0 Å². The Morgan fingerprint density at radius 2 is 2.30 bits per heavy atom. The fourth-order valence-corrected chi connectivity index (χ4v) is 3.15. The summed E-state index contributed by atoms with van der Waals surface area (Å²) >= 11 is 0. The van der Waals surface area contributed by atoms with Gasteiger partial charge in [0.1, 0.15) is 5.54 Å². The van der Waals surface area contributed by atoms with E-state index in [0.29, 0.717) is 19.4 Å². The number of nitrogens with zero attached hydrogens (tertiary/aromatic N) is 1. The largest absolute Gasteiger partial charge is 0.378 e. The van der Waals surface area contributed by atoms with Crippen LogP contribution in [-0.2, 0) is 14.3 Å². The second-order valence-electron chi connectivity index (χ2n) is 5.73. The smallest absolute Gasteiger partial charge is 0.322 e. The third-order valence-electron chi connectivity index (χ3n) is 4.34. The highest BCUT2D eigenvalue weighted by Crippen LogP contribution is 2.26. The van der Waals surface area contributed by atoms with Crippen molar-refractivity contribution in [3.63, 3.8) is 0 Å². The van der Waals surface area contributed by atoms with Gasteiger partial charge in [-0.15, -0.1) is 0 Å². The number of rotatable bonds is 3. The van der Waals surface area contributed by atoms with Crippen LogP contribution in [-0.4, -0.2) is 54.1 Å². The molecule has 0 aliphatic carbocycles. The lowest BCUT2D eigenvalue weighted by Gasteiger charge is -2.21. The van der Waals surface area contributed by atoms with Crippen molar-refractivity contribution in [3.05, 3.63) is 0 Å². The molecule has 3 aliphatic rings. The molecule has 3 saturated heterocycles. The summed E-state index contributed by atoms with van der Waals surface area (Å²) in [5.41, 5.74) is -0.906. The Morgan fingerprint density at radius 1 is 1.45 bits per heavy atom. The number of hydrogen-bond acceptors (Lipinski definition) is 4. The van der Waals surface area contributed by atoms with Crippen LogP contribution in [0.5, 0.6) is 0 Å². The fraction of sp³-hybridized carbons (Fsp3) is 0.769. The van der Waals surface area contributed by atoms with Gasteiger partial charge in [-0.25, -0.2) is 4.79 Å². The zero-order valence-corrected chi connectivity index (χ0v) is 11.3. The van der Waals surface area contributed by atoms with E-state index in [1.54, 1.807) is 4.90 Å². The molecule has 0 aromatic carbocycles. The molecule has 3 aliphatic heterocycles. The van der Waals surface area contributed by atoms with Gasteiger partial charge in [0.25, 0.3) is 5.91 Å². The van der Waals surface area contributed by atoms with Gasteiger partial charge < -0.3 is 15.0 Å². The highest BCUT2D eigenvalue weighted by Gasteiger charge is 2.51. The summed E-state index contributed by atoms with van der Waals surface area (Å²) < 4.78 is 5.50. The van der Waals surface area contributed by atoms with Crippen LogP contribution in [0.4, 0.5) is 4.79 Å². The van der Waals surface area contributed by atoms with Gasteiger partial charge in [0.2, 0.25) is 5.91 Å². The van der Waals surface area contributed by atoms with Crippen molar-refractivity contribution in [1.29, 1.82) is 0 Å². The number of urea groups is 1. The molecular weight excluding hydrogens is 262 g/mol. The van der Waals surface area contributed by atoms with E-state index in [9.17, 15) is 14.4 Å². The van der Waals surface area contributed by atoms with Crippen LogP contribution >= 0.6 is 0 Å². The Hall–Kier alpha value is -1.63. The number of carbonyl (C=O) groups excluding carboxylic acids is 3.